The number of aliphatic hydroxyl groups is 1. The van der Waals surface area contributed by atoms with Gasteiger partial charge in [-0.05, 0) is 37.3 Å². The van der Waals surface area contributed by atoms with Gasteiger partial charge >= 0.3 is 0 Å². The summed E-state index contributed by atoms with van der Waals surface area (Å²) >= 11 is 0. The predicted octanol–water partition coefficient (Wildman–Crippen LogP) is 2.92. The van der Waals surface area contributed by atoms with E-state index in [1.807, 2.05) is 28.8 Å². The number of Topliss-reactive ketones (excluding diaryl/α,β-unsaturated/α-hetero) is 1. The first-order valence-electron chi connectivity index (χ1n) is 7.73. The van der Waals surface area contributed by atoms with Crippen molar-refractivity contribution in [1.82, 2.24) is 9.55 Å². The van der Waals surface area contributed by atoms with Crippen LogP contribution in [-0.2, 0) is 18.6 Å². The molecular formula is C18H22N2O2. The van der Waals surface area contributed by atoms with Gasteiger partial charge in [-0.3, -0.25) is 4.79 Å². The lowest BCUT2D eigenvalue weighted by Gasteiger charge is -2.19. The number of ketones is 1. The zero-order chi connectivity index (χ0) is 15.9. The molecule has 0 fully saturated rings. The minimum atomic E-state index is -0.835. The molecule has 1 aliphatic carbocycles. The Balaban J connectivity index is 1.84. The van der Waals surface area contributed by atoms with Crippen LogP contribution in [0.4, 0.5) is 0 Å². The molecule has 0 spiro atoms. The van der Waals surface area contributed by atoms with E-state index in [9.17, 15) is 9.90 Å². The van der Waals surface area contributed by atoms with Crippen molar-refractivity contribution in [1.29, 1.82) is 0 Å². The molecule has 2 aromatic rings. The first-order chi connectivity index (χ1) is 10.3. The lowest BCUT2D eigenvalue weighted by molar-refractivity contribution is 0.0785. The molecule has 1 atom stereocenters. The smallest absolute Gasteiger partial charge is 0.181 e. The van der Waals surface area contributed by atoms with Crippen LogP contribution in [0.3, 0.4) is 0 Å². The number of hydrogen-bond donors (Lipinski definition) is 1. The van der Waals surface area contributed by atoms with E-state index in [1.54, 1.807) is 20.2 Å². The fourth-order valence-corrected chi connectivity index (χ4v) is 3.04. The van der Waals surface area contributed by atoms with Crippen molar-refractivity contribution >= 4 is 5.78 Å². The molecule has 0 aliphatic heterocycles. The maximum atomic E-state index is 12.3. The Kier molecular flexibility index (Phi) is 3.65. The maximum absolute atomic E-state index is 12.3. The number of hydrogen-bond acceptors (Lipinski definition) is 3. The van der Waals surface area contributed by atoms with Crippen LogP contribution in [0.15, 0.2) is 30.6 Å². The van der Waals surface area contributed by atoms with Crippen LogP contribution >= 0.6 is 0 Å². The molecule has 0 saturated carbocycles. The van der Waals surface area contributed by atoms with Crippen LogP contribution < -0.4 is 0 Å². The molecule has 0 radical (unpaired) electrons. The van der Waals surface area contributed by atoms with Crippen molar-refractivity contribution in [2.75, 3.05) is 0 Å². The molecule has 0 saturated heterocycles. The number of aromatic nitrogens is 2. The number of imidazole rings is 1. The first-order valence-corrected chi connectivity index (χ1v) is 7.73. The van der Waals surface area contributed by atoms with Gasteiger partial charge in [0, 0.05) is 13.0 Å². The first kappa shape index (κ1) is 15.0. The zero-order valence-electron chi connectivity index (χ0n) is 13.3. The summed E-state index contributed by atoms with van der Waals surface area (Å²) in [6, 6.07) is 7.86. The molecule has 1 unspecified atom stereocenters. The largest absolute Gasteiger partial charge is 0.386 e. The minimum absolute atomic E-state index is 0.194. The van der Waals surface area contributed by atoms with Crippen LogP contribution in [0.2, 0.25) is 0 Å². The Morgan fingerprint density at radius 3 is 2.59 bits per heavy atom. The van der Waals surface area contributed by atoms with E-state index in [-0.39, 0.29) is 5.78 Å². The van der Waals surface area contributed by atoms with Gasteiger partial charge in [-0.25, -0.2) is 4.98 Å². The quantitative estimate of drug-likeness (QED) is 0.948. The molecular weight excluding hydrogens is 276 g/mol. The Hall–Kier alpha value is -1.94. The van der Waals surface area contributed by atoms with E-state index in [0.717, 1.165) is 28.9 Å². The van der Waals surface area contributed by atoms with Crippen LogP contribution in [0.5, 0.6) is 0 Å². The van der Waals surface area contributed by atoms with Crippen LogP contribution in [-0.4, -0.2) is 20.4 Å². The Morgan fingerprint density at radius 2 is 1.95 bits per heavy atom. The third-order valence-electron chi connectivity index (χ3n) is 4.27. The Bertz CT molecular complexity index is 693. The summed E-state index contributed by atoms with van der Waals surface area (Å²) in [5, 5.41) is 9.99. The minimum Gasteiger partial charge on any atom is -0.386 e. The number of carbonyl (C=O) groups is 1. The van der Waals surface area contributed by atoms with Crippen molar-refractivity contribution in [3.63, 3.8) is 0 Å². The molecule has 22 heavy (non-hydrogen) atoms. The summed E-state index contributed by atoms with van der Waals surface area (Å²) in [5.41, 5.74) is 2.84. The zero-order valence-corrected chi connectivity index (χ0v) is 13.3. The van der Waals surface area contributed by atoms with Crippen molar-refractivity contribution < 1.29 is 9.90 Å². The lowest BCUT2D eigenvalue weighted by Crippen LogP contribution is -2.21. The fourth-order valence-electron chi connectivity index (χ4n) is 3.04. The number of benzene rings is 1. The molecule has 4 heteroatoms. The summed E-state index contributed by atoms with van der Waals surface area (Å²) in [4.78, 5) is 16.7. The maximum Gasteiger partial charge on any atom is 0.181 e. The summed E-state index contributed by atoms with van der Waals surface area (Å²) in [6.45, 7) is 6.27. The van der Waals surface area contributed by atoms with Crippen LogP contribution in [0, 0.1) is 5.92 Å². The van der Waals surface area contributed by atoms with E-state index in [2.05, 4.69) is 11.9 Å². The second-order valence-electron chi connectivity index (χ2n) is 6.86. The number of nitrogens with zero attached hydrogens (tertiary/aromatic N) is 2. The molecule has 0 amide bonds. The van der Waals surface area contributed by atoms with Crippen molar-refractivity contribution in [3.05, 3.63) is 53.1 Å². The normalized spacial score (nSPS) is 18.4. The van der Waals surface area contributed by atoms with Crippen LogP contribution in [0.1, 0.15) is 54.5 Å². The fraction of sp³-hybridized carbons (Fsp3) is 0.444. The molecule has 4 nitrogen and oxygen atoms in total. The van der Waals surface area contributed by atoms with E-state index < -0.39 is 5.60 Å². The van der Waals surface area contributed by atoms with Crippen molar-refractivity contribution in [2.45, 2.75) is 45.8 Å². The number of fused-ring (bicyclic) bond motifs is 1. The number of carbonyl (C=O) groups excluding carboxylic acids is 1. The van der Waals surface area contributed by atoms with Crippen molar-refractivity contribution in [2.24, 2.45) is 5.92 Å². The highest BCUT2D eigenvalue weighted by Gasteiger charge is 2.27. The highest BCUT2D eigenvalue weighted by molar-refractivity contribution is 5.96. The predicted molar refractivity (Wildman–Crippen MR) is 84.8 cm³/mol. The monoisotopic (exact) mass is 298 g/mol. The summed E-state index contributed by atoms with van der Waals surface area (Å²) in [6.07, 6.45) is 3.26. The average Bonchev–Trinajstić information content (AvgIpc) is 2.81. The second kappa shape index (κ2) is 5.36. The van der Waals surface area contributed by atoms with E-state index in [0.29, 0.717) is 18.9 Å². The molecule has 0 bridgehead atoms. The van der Waals surface area contributed by atoms with E-state index in [1.165, 1.54) is 0 Å². The van der Waals surface area contributed by atoms with E-state index in [4.69, 9.17) is 0 Å². The number of rotatable bonds is 3. The van der Waals surface area contributed by atoms with Gasteiger partial charge < -0.3 is 9.67 Å². The van der Waals surface area contributed by atoms with E-state index >= 15 is 0 Å². The molecule has 1 aromatic carbocycles. The van der Waals surface area contributed by atoms with Gasteiger partial charge in [0.25, 0.3) is 0 Å². The summed E-state index contributed by atoms with van der Waals surface area (Å²) < 4.78 is 1.95. The van der Waals surface area contributed by atoms with Crippen molar-refractivity contribution in [3.8, 4) is 0 Å². The van der Waals surface area contributed by atoms with Gasteiger partial charge in [0.2, 0.25) is 0 Å². The molecule has 1 heterocycles. The lowest BCUT2D eigenvalue weighted by atomic mass is 9.90. The Labute approximate surface area is 130 Å². The van der Waals surface area contributed by atoms with Gasteiger partial charge in [-0.1, -0.05) is 31.2 Å². The molecule has 1 N–H and O–H groups in total. The highest BCUT2D eigenvalue weighted by atomic mass is 16.3. The third-order valence-corrected chi connectivity index (χ3v) is 4.27. The van der Waals surface area contributed by atoms with Gasteiger partial charge in [-0.2, -0.15) is 0 Å². The van der Waals surface area contributed by atoms with Gasteiger partial charge in [0.05, 0.1) is 17.6 Å². The highest BCUT2D eigenvalue weighted by Crippen LogP contribution is 2.25. The van der Waals surface area contributed by atoms with Gasteiger partial charge in [0.15, 0.2) is 5.78 Å². The summed E-state index contributed by atoms with van der Waals surface area (Å²) in [7, 11) is 0. The topological polar surface area (TPSA) is 55.1 Å². The average molecular weight is 298 g/mol. The Morgan fingerprint density at radius 1 is 1.27 bits per heavy atom. The molecule has 1 aromatic heterocycles. The van der Waals surface area contributed by atoms with Gasteiger partial charge in [-0.15, -0.1) is 0 Å². The molecule has 3 rings (SSSR count). The van der Waals surface area contributed by atoms with Crippen LogP contribution in [0.25, 0.3) is 0 Å². The third kappa shape index (κ3) is 2.83. The second-order valence-corrected chi connectivity index (χ2v) is 6.86. The SMILES string of the molecule is CC1CC(=O)c2c(ncn2Cc2ccc(C(C)(C)O)cc2)C1. The van der Waals surface area contributed by atoms with Gasteiger partial charge in [0.1, 0.15) is 5.69 Å². The molecule has 1 aliphatic rings. The molecule has 116 valence electrons. The summed E-state index contributed by atoms with van der Waals surface area (Å²) in [5.74, 6) is 0.578. The standard InChI is InChI=1S/C18H22N2O2/c1-12-8-15-17(16(21)9-12)20(11-19-15)10-13-4-6-14(7-5-13)18(2,3)22/h4-7,11-12,22H,8-10H2,1-3H3.